The summed E-state index contributed by atoms with van der Waals surface area (Å²) in [6.07, 6.45) is 2.10. The van der Waals surface area contributed by atoms with Crippen LogP contribution in [0.5, 0.6) is 0 Å². The van der Waals surface area contributed by atoms with Crippen molar-refractivity contribution in [3.63, 3.8) is 0 Å². The Balaban J connectivity index is 1.31. The number of fused-ring (bicyclic) bond motifs is 3. The van der Waals surface area contributed by atoms with Gasteiger partial charge < -0.3 is 20.1 Å². The second kappa shape index (κ2) is 8.00. The Kier molecular flexibility index (Phi) is 4.79. The van der Waals surface area contributed by atoms with Crippen molar-refractivity contribution in [2.24, 2.45) is 0 Å². The second-order valence-corrected chi connectivity index (χ2v) is 7.89. The van der Waals surface area contributed by atoms with Gasteiger partial charge in [-0.05, 0) is 24.3 Å². The molecule has 4 N–H and O–H groups in total. The molecule has 0 spiro atoms. The van der Waals surface area contributed by atoms with Crippen molar-refractivity contribution in [3.05, 3.63) is 65.1 Å². The monoisotopic (exact) mass is 474 g/mol. The van der Waals surface area contributed by atoms with E-state index in [4.69, 9.17) is 15.0 Å². The molecule has 1 unspecified atom stereocenters. The van der Waals surface area contributed by atoms with Crippen LogP contribution in [0, 0.1) is 0 Å². The number of H-pyrrole nitrogens is 1. The average molecular weight is 474 g/mol. The number of carbonyl (C=O) groups is 1. The fraction of sp³-hybridized carbons (Fsp3) is 0.182. The number of hydrogen-bond donors (Lipinski definition) is 3. The predicted octanol–water partition coefficient (Wildman–Crippen LogP) is 0.693. The lowest BCUT2D eigenvalue weighted by atomic mass is 10.1. The highest BCUT2D eigenvalue weighted by atomic mass is 16.5. The quantitative estimate of drug-likeness (QED) is 0.336. The number of nitrogens with zero attached hydrogens (tertiary/aromatic N) is 6. The minimum atomic E-state index is -1.58. The highest BCUT2D eigenvalue weighted by Gasteiger charge is 2.39. The zero-order chi connectivity index (χ0) is 24.1. The summed E-state index contributed by atoms with van der Waals surface area (Å²) >= 11 is 0. The van der Waals surface area contributed by atoms with Gasteiger partial charge in [0.1, 0.15) is 17.3 Å². The van der Waals surface area contributed by atoms with Crippen LogP contribution in [-0.4, -0.2) is 60.2 Å². The van der Waals surface area contributed by atoms with Gasteiger partial charge in [0.15, 0.2) is 23.3 Å². The fourth-order valence-electron chi connectivity index (χ4n) is 4.09. The van der Waals surface area contributed by atoms with Crippen LogP contribution in [0.3, 0.4) is 0 Å². The Labute approximate surface area is 195 Å². The molecule has 1 aliphatic heterocycles. The molecule has 1 aromatic carbocycles. The first-order chi connectivity index (χ1) is 17.0. The van der Waals surface area contributed by atoms with Crippen LogP contribution in [0.15, 0.2) is 58.2 Å². The van der Waals surface area contributed by atoms with Crippen molar-refractivity contribution in [1.82, 2.24) is 29.9 Å². The summed E-state index contributed by atoms with van der Waals surface area (Å²) in [4.78, 5) is 39.6. The molecule has 6 rings (SSSR count). The zero-order valence-electron chi connectivity index (χ0n) is 18.0. The van der Waals surface area contributed by atoms with Gasteiger partial charge in [0.2, 0.25) is 0 Å². The minimum Gasteiger partial charge on any atom is -0.382 e. The molecule has 5 heterocycles. The van der Waals surface area contributed by atoms with Gasteiger partial charge in [-0.25, -0.2) is 14.8 Å². The number of aromatic nitrogens is 6. The molecular formula is C22H18N8O5. The van der Waals surface area contributed by atoms with E-state index in [1.807, 2.05) is 0 Å². The molecule has 0 aliphatic carbocycles. The van der Waals surface area contributed by atoms with Gasteiger partial charge in [0, 0.05) is 24.7 Å². The highest BCUT2D eigenvalue weighted by molar-refractivity contribution is 6.05. The van der Waals surface area contributed by atoms with Crippen LogP contribution in [0.25, 0.3) is 27.6 Å². The zero-order valence-corrected chi connectivity index (χ0v) is 18.0. The molecule has 176 valence electrons. The third-order valence-electron chi connectivity index (χ3n) is 5.81. The van der Waals surface area contributed by atoms with Crippen molar-refractivity contribution >= 4 is 39.4 Å². The number of aliphatic hydroxyl groups is 1. The first-order valence-electron chi connectivity index (χ1n) is 10.7. The van der Waals surface area contributed by atoms with Crippen molar-refractivity contribution in [3.8, 4) is 5.69 Å². The van der Waals surface area contributed by atoms with Crippen molar-refractivity contribution in [2.75, 3.05) is 23.8 Å². The van der Waals surface area contributed by atoms with E-state index >= 15 is 0 Å². The van der Waals surface area contributed by atoms with Gasteiger partial charge in [-0.15, -0.1) is 5.10 Å². The second-order valence-electron chi connectivity index (χ2n) is 7.89. The van der Waals surface area contributed by atoms with E-state index in [1.54, 1.807) is 53.6 Å². The summed E-state index contributed by atoms with van der Waals surface area (Å²) in [5.41, 5.74) is 6.37. The number of anilines is 2. The summed E-state index contributed by atoms with van der Waals surface area (Å²) in [5.74, 6) is -0.0972. The molecule has 1 amide bonds. The highest BCUT2D eigenvalue weighted by Crippen LogP contribution is 2.28. The maximum atomic E-state index is 13.2. The van der Waals surface area contributed by atoms with Crippen molar-refractivity contribution in [1.29, 1.82) is 0 Å². The standard InChI is InChI=1S/C22H18N8O5/c23-19-12-1-2-13-15(17(12)35-28-19)21(32)26-20(25-13)16(31)18-22(33)29(9-10-34-18)14-5-8-30(27-14)11-3-6-24-7-4-11/h1-8,16,18,28,31H,9-10,23H2/t16-,18?/m1/s1. The molecule has 1 aliphatic rings. The molecule has 0 saturated carbocycles. The number of morpholine rings is 1. The summed E-state index contributed by atoms with van der Waals surface area (Å²) in [6, 6.07) is 8.46. The average Bonchev–Trinajstić information content (AvgIpc) is 3.51. The number of aliphatic hydroxyl groups excluding tert-OH is 1. The molecule has 1 saturated heterocycles. The van der Waals surface area contributed by atoms with Gasteiger partial charge >= 0.3 is 0 Å². The van der Waals surface area contributed by atoms with E-state index in [0.717, 1.165) is 5.69 Å². The Bertz CT molecular complexity index is 1630. The normalized spacial score (nSPS) is 17.3. The van der Waals surface area contributed by atoms with Gasteiger partial charge in [-0.1, -0.05) is 0 Å². The molecule has 0 radical (unpaired) electrons. The largest absolute Gasteiger partial charge is 0.382 e. The molecule has 35 heavy (non-hydrogen) atoms. The van der Waals surface area contributed by atoms with Crippen LogP contribution >= 0.6 is 0 Å². The lowest BCUT2D eigenvalue weighted by Crippen LogP contribution is -2.50. The summed E-state index contributed by atoms with van der Waals surface area (Å²) in [5, 5.41) is 18.5. The summed E-state index contributed by atoms with van der Waals surface area (Å²) in [6.45, 7) is 0.394. The number of benzene rings is 1. The van der Waals surface area contributed by atoms with Crippen LogP contribution in [0.2, 0.25) is 0 Å². The van der Waals surface area contributed by atoms with Crippen molar-refractivity contribution in [2.45, 2.75) is 12.2 Å². The number of nitrogens with two attached hydrogens (primary N) is 1. The van der Waals surface area contributed by atoms with E-state index in [-0.39, 0.29) is 41.3 Å². The van der Waals surface area contributed by atoms with Gasteiger partial charge in [-0.2, -0.15) is 4.98 Å². The van der Waals surface area contributed by atoms with E-state index in [2.05, 4.69) is 25.2 Å². The number of nitrogens with one attached hydrogen (secondary N) is 1. The van der Waals surface area contributed by atoms with Crippen LogP contribution in [0.4, 0.5) is 11.6 Å². The number of ether oxygens (including phenoxy) is 1. The number of pyridine rings is 1. The number of aromatic amines is 1. The van der Waals surface area contributed by atoms with Crippen LogP contribution < -0.4 is 16.2 Å². The Hall–Kier alpha value is -4.62. The number of amides is 1. The van der Waals surface area contributed by atoms with E-state index in [0.29, 0.717) is 11.2 Å². The fourth-order valence-corrected chi connectivity index (χ4v) is 4.09. The Morgan fingerprint density at radius 1 is 1.14 bits per heavy atom. The molecule has 1 fully saturated rings. The number of rotatable bonds is 4. The SMILES string of the molecule is Nc1[nH]oc2c1ccc1nc([C@H](O)C3OCCN(c4ccn(-c5ccncc5)n4)C3=O)nc(=O)c12. The Morgan fingerprint density at radius 3 is 2.80 bits per heavy atom. The van der Waals surface area contributed by atoms with E-state index in [1.165, 1.54) is 4.90 Å². The van der Waals surface area contributed by atoms with E-state index < -0.39 is 23.7 Å². The lowest BCUT2D eigenvalue weighted by Gasteiger charge is -2.32. The molecule has 2 atom stereocenters. The molecule has 13 heteroatoms. The smallest absolute Gasteiger partial charge is 0.284 e. The third kappa shape index (κ3) is 3.41. The topological polar surface area (TPSA) is 178 Å². The van der Waals surface area contributed by atoms with Crippen LogP contribution in [-0.2, 0) is 9.53 Å². The maximum Gasteiger partial charge on any atom is 0.284 e. The summed E-state index contributed by atoms with van der Waals surface area (Å²) in [7, 11) is 0. The van der Waals surface area contributed by atoms with Crippen molar-refractivity contribution < 1.29 is 19.2 Å². The number of nitrogen functional groups attached to an aromatic ring is 1. The van der Waals surface area contributed by atoms with Gasteiger partial charge in [-0.3, -0.25) is 19.5 Å². The summed E-state index contributed by atoms with van der Waals surface area (Å²) < 4.78 is 12.5. The van der Waals surface area contributed by atoms with E-state index in [9.17, 15) is 14.7 Å². The predicted molar refractivity (Wildman–Crippen MR) is 123 cm³/mol. The number of hydrogen-bond acceptors (Lipinski definition) is 10. The molecule has 13 nitrogen and oxygen atoms in total. The van der Waals surface area contributed by atoms with Gasteiger partial charge in [0.25, 0.3) is 11.5 Å². The minimum absolute atomic E-state index is 0.116. The number of carbonyl (C=O) groups excluding carboxylic acids is 1. The molecular weight excluding hydrogens is 456 g/mol. The van der Waals surface area contributed by atoms with Crippen LogP contribution in [0.1, 0.15) is 11.9 Å². The lowest BCUT2D eigenvalue weighted by molar-refractivity contribution is -0.143. The molecule has 5 aromatic rings. The maximum absolute atomic E-state index is 13.2. The molecule has 0 bridgehead atoms. The molecule has 4 aromatic heterocycles. The first-order valence-corrected chi connectivity index (χ1v) is 10.7. The Morgan fingerprint density at radius 2 is 1.97 bits per heavy atom. The third-order valence-corrected chi connectivity index (χ3v) is 5.81. The van der Waals surface area contributed by atoms with Gasteiger partial charge in [0.05, 0.1) is 29.7 Å². The first kappa shape index (κ1) is 20.9.